The van der Waals surface area contributed by atoms with Crippen LogP contribution >= 0.6 is 11.6 Å². The quantitative estimate of drug-likeness (QED) is 0.706. The number of carbonyl (C=O) groups excluding carboxylic acids is 1. The van der Waals surface area contributed by atoms with Gasteiger partial charge in [-0.15, -0.1) is 0 Å². The first kappa shape index (κ1) is 21.3. The molecule has 0 saturated carbocycles. The number of carbonyl (C=O) groups is 1. The van der Waals surface area contributed by atoms with E-state index in [-0.39, 0.29) is 5.91 Å². The number of hydrogen-bond acceptors (Lipinski definition) is 5. The van der Waals surface area contributed by atoms with Crippen LogP contribution in [0.25, 0.3) is 0 Å². The first-order chi connectivity index (χ1) is 14.1. The van der Waals surface area contributed by atoms with Crippen LogP contribution in [-0.4, -0.2) is 56.7 Å². The zero-order chi connectivity index (χ0) is 20.6. The number of halogens is 1. The van der Waals surface area contributed by atoms with Crippen LogP contribution in [0.5, 0.6) is 11.5 Å². The third kappa shape index (κ3) is 5.78. The summed E-state index contributed by atoms with van der Waals surface area (Å²) in [6, 6.07) is 13.3. The van der Waals surface area contributed by atoms with Crippen molar-refractivity contribution in [2.24, 2.45) is 0 Å². The molecular weight excluding hydrogens is 390 g/mol. The minimum Gasteiger partial charge on any atom is -0.490 e. The van der Waals surface area contributed by atoms with Crippen molar-refractivity contribution < 1.29 is 14.3 Å². The number of amides is 1. The molecule has 0 spiro atoms. The number of ether oxygens (including phenoxy) is 2. The van der Waals surface area contributed by atoms with Gasteiger partial charge in [0.05, 0.1) is 30.5 Å². The van der Waals surface area contributed by atoms with E-state index in [1.165, 1.54) is 0 Å². The molecule has 1 aliphatic rings. The van der Waals surface area contributed by atoms with Gasteiger partial charge in [-0.1, -0.05) is 23.7 Å². The molecule has 0 atom stereocenters. The molecule has 2 aromatic rings. The highest BCUT2D eigenvalue weighted by atomic mass is 35.5. The minimum absolute atomic E-state index is 0.0391. The van der Waals surface area contributed by atoms with E-state index < -0.39 is 0 Å². The summed E-state index contributed by atoms with van der Waals surface area (Å²) in [5.41, 5.74) is 1.76. The van der Waals surface area contributed by atoms with Gasteiger partial charge in [0.25, 0.3) is 0 Å². The van der Waals surface area contributed by atoms with Crippen LogP contribution in [-0.2, 0) is 4.79 Å². The summed E-state index contributed by atoms with van der Waals surface area (Å²) in [6.07, 6.45) is 0. The molecular formula is C22H28ClN3O3. The fourth-order valence-electron chi connectivity index (χ4n) is 3.39. The number of rotatable bonds is 8. The second-order valence-corrected chi connectivity index (χ2v) is 7.20. The zero-order valence-electron chi connectivity index (χ0n) is 17.0. The molecule has 3 rings (SSSR count). The number of para-hydroxylation sites is 1. The molecule has 0 unspecified atom stereocenters. The Labute approximate surface area is 177 Å². The number of hydrogen-bond donors (Lipinski definition) is 1. The molecule has 0 aliphatic carbocycles. The molecule has 29 heavy (non-hydrogen) atoms. The summed E-state index contributed by atoms with van der Waals surface area (Å²) in [5.74, 6) is 1.28. The predicted octanol–water partition coefficient (Wildman–Crippen LogP) is 3.90. The molecule has 1 N–H and O–H groups in total. The Hall–Kier alpha value is -2.44. The van der Waals surface area contributed by atoms with Crippen molar-refractivity contribution in [3.05, 3.63) is 47.5 Å². The van der Waals surface area contributed by atoms with Gasteiger partial charge in [-0.05, 0) is 38.1 Å². The molecule has 0 bridgehead atoms. The smallest absolute Gasteiger partial charge is 0.238 e. The van der Waals surface area contributed by atoms with E-state index in [1.54, 1.807) is 0 Å². The molecule has 0 radical (unpaired) electrons. The molecule has 156 valence electrons. The Morgan fingerprint density at radius 1 is 1.00 bits per heavy atom. The fourth-order valence-corrected chi connectivity index (χ4v) is 3.64. The van der Waals surface area contributed by atoms with Crippen LogP contribution in [0.3, 0.4) is 0 Å². The first-order valence-electron chi connectivity index (χ1n) is 10.0. The van der Waals surface area contributed by atoms with Crippen molar-refractivity contribution >= 4 is 28.9 Å². The van der Waals surface area contributed by atoms with Crippen molar-refractivity contribution in [2.45, 2.75) is 13.8 Å². The normalized spacial score (nSPS) is 14.5. The highest BCUT2D eigenvalue weighted by Gasteiger charge is 2.20. The largest absolute Gasteiger partial charge is 0.490 e. The van der Waals surface area contributed by atoms with Crippen LogP contribution in [0.2, 0.25) is 5.02 Å². The summed E-state index contributed by atoms with van der Waals surface area (Å²) in [5, 5.41) is 3.72. The lowest BCUT2D eigenvalue weighted by atomic mass is 10.2. The van der Waals surface area contributed by atoms with Gasteiger partial charge < -0.3 is 19.7 Å². The Bertz CT molecular complexity index is 823. The van der Waals surface area contributed by atoms with E-state index in [2.05, 4.69) is 15.1 Å². The van der Waals surface area contributed by atoms with E-state index in [4.69, 9.17) is 21.1 Å². The van der Waals surface area contributed by atoms with E-state index in [9.17, 15) is 4.79 Å². The number of benzene rings is 2. The standard InChI is InChI=1S/C22H28ClN3O3/c1-3-28-20-10-9-17(15-21(20)29-4-2)24-22(27)16-25-11-13-26(14-12-25)19-8-6-5-7-18(19)23/h5-10,15H,3-4,11-14,16H2,1-2H3,(H,24,27). The average molecular weight is 418 g/mol. The van der Waals surface area contributed by atoms with Crippen LogP contribution in [0.1, 0.15) is 13.8 Å². The molecule has 1 fully saturated rings. The van der Waals surface area contributed by atoms with Crippen molar-refractivity contribution in [3.63, 3.8) is 0 Å². The van der Waals surface area contributed by atoms with Gasteiger partial charge in [0, 0.05) is 37.9 Å². The second-order valence-electron chi connectivity index (χ2n) is 6.79. The van der Waals surface area contributed by atoms with Gasteiger partial charge in [0.2, 0.25) is 5.91 Å². The molecule has 7 heteroatoms. The van der Waals surface area contributed by atoms with Gasteiger partial charge >= 0.3 is 0 Å². The van der Waals surface area contributed by atoms with Crippen molar-refractivity contribution in [1.82, 2.24) is 4.90 Å². The molecule has 1 amide bonds. The maximum atomic E-state index is 12.5. The lowest BCUT2D eigenvalue weighted by molar-refractivity contribution is -0.117. The van der Waals surface area contributed by atoms with Gasteiger partial charge in [0.15, 0.2) is 11.5 Å². The molecule has 1 heterocycles. The van der Waals surface area contributed by atoms with Crippen LogP contribution < -0.4 is 19.7 Å². The lowest BCUT2D eigenvalue weighted by Crippen LogP contribution is -2.48. The third-order valence-electron chi connectivity index (χ3n) is 4.76. The molecule has 2 aromatic carbocycles. The number of nitrogens with one attached hydrogen (secondary N) is 1. The Balaban J connectivity index is 1.52. The van der Waals surface area contributed by atoms with Gasteiger partial charge in [-0.2, -0.15) is 0 Å². The summed E-state index contributed by atoms with van der Waals surface area (Å²) in [6.45, 7) is 8.61. The summed E-state index contributed by atoms with van der Waals surface area (Å²) >= 11 is 6.30. The highest BCUT2D eigenvalue weighted by molar-refractivity contribution is 6.33. The van der Waals surface area contributed by atoms with Crippen LogP contribution in [0.4, 0.5) is 11.4 Å². The maximum Gasteiger partial charge on any atom is 0.238 e. The monoisotopic (exact) mass is 417 g/mol. The molecule has 1 aliphatic heterocycles. The van der Waals surface area contributed by atoms with Gasteiger partial charge in [-0.25, -0.2) is 0 Å². The SMILES string of the molecule is CCOc1ccc(NC(=O)CN2CCN(c3ccccc3Cl)CC2)cc1OCC. The summed E-state index contributed by atoms with van der Waals surface area (Å²) in [7, 11) is 0. The Kier molecular flexibility index (Phi) is 7.61. The van der Waals surface area contributed by atoms with E-state index >= 15 is 0 Å². The molecule has 6 nitrogen and oxygen atoms in total. The van der Waals surface area contributed by atoms with Crippen LogP contribution in [0, 0.1) is 0 Å². The molecule has 0 aromatic heterocycles. The number of anilines is 2. The Morgan fingerprint density at radius 2 is 1.69 bits per heavy atom. The zero-order valence-corrected chi connectivity index (χ0v) is 17.7. The molecule has 1 saturated heterocycles. The maximum absolute atomic E-state index is 12.5. The number of nitrogens with zero attached hydrogens (tertiary/aromatic N) is 2. The predicted molar refractivity (Wildman–Crippen MR) is 118 cm³/mol. The highest BCUT2D eigenvalue weighted by Crippen LogP contribution is 2.30. The van der Waals surface area contributed by atoms with E-state index in [1.807, 2.05) is 56.3 Å². The van der Waals surface area contributed by atoms with Gasteiger partial charge in [-0.3, -0.25) is 9.69 Å². The van der Waals surface area contributed by atoms with Crippen molar-refractivity contribution in [1.29, 1.82) is 0 Å². The summed E-state index contributed by atoms with van der Waals surface area (Å²) < 4.78 is 11.2. The van der Waals surface area contributed by atoms with E-state index in [0.717, 1.165) is 36.9 Å². The van der Waals surface area contributed by atoms with E-state index in [0.29, 0.717) is 36.9 Å². The Morgan fingerprint density at radius 3 is 2.38 bits per heavy atom. The fraction of sp³-hybridized carbons (Fsp3) is 0.409. The van der Waals surface area contributed by atoms with Crippen molar-refractivity contribution in [3.8, 4) is 11.5 Å². The third-order valence-corrected chi connectivity index (χ3v) is 5.08. The second kappa shape index (κ2) is 10.4. The first-order valence-corrected chi connectivity index (χ1v) is 10.4. The van der Waals surface area contributed by atoms with Crippen LogP contribution in [0.15, 0.2) is 42.5 Å². The topological polar surface area (TPSA) is 54.0 Å². The van der Waals surface area contributed by atoms with Gasteiger partial charge in [0.1, 0.15) is 0 Å². The van der Waals surface area contributed by atoms with Crippen molar-refractivity contribution in [2.75, 3.05) is 56.2 Å². The minimum atomic E-state index is -0.0391. The summed E-state index contributed by atoms with van der Waals surface area (Å²) in [4.78, 5) is 16.9. The number of piperazine rings is 1. The average Bonchev–Trinajstić information content (AvgIpc) is 2.71. The lowest BCUT2D eigenvalue weighted by Gasteiger charge is -2.36.